The van der Waals surface area contributed by atoms with Crippen molar-refractivity contribution in [2.24, 2.45) is 0 Å². The van der Waals surface area contributed by atoms with Crippen LogP contribution in [0, 0.1) is 12.7 Å². The van der Waals surface area contributed by atoms with Crippen LogP contribution in [0.4, 0.5) is 23.2 Å². The molecule has 1 atom stereocenters. The van der Waals surface area contributed by atoms with Gasteiger partial charge in [0, 0.05) is 17.8 Å². The molecule has 0 aliphatic heterocycles. The van der Waals surface area contributed by atoms with Crippen molar-refractivity contribution in [3.63, 3.8) is 0 Å². The van der Waals surface area contributed by atoms with E-state index in [-0.39, 0.29) is 23.4 Å². The summed E-state index contributed by atoms with van der Waals surface area (Å²) < 4.78 is 51.0. The Balaban J connectivity index is 3.25. The summed E-state index contributed by atoms with van der Waals surface area (Å²) in [5.74, 6) is -0.539. The molecule has 2 nitrogen and oxygen atoms in total. The van der Waals surface area contributed by atoms with Crippen LogP contribution in [0.5, 0.6) is 0 Å². The molecular formula is C13H17F4NO. The second-order valence-electron chi connectivity index (χ2n) is 4.47. The number of aliphatic hydroxyl groups excluding tert-OH is 1. The van der Waals surface area contributed by atoms with Gasteiger partial charge in [-0.2, -0.15) is 13.2 Å². The topological polar surface area (TPSA) is 23.5 Å². The van der Waals surface area contributed by atoms with Gasteiger partial charge in [-0.15, -0.1) is 0 Å². The molecule has 0 spiro atoms. The number of rotatable bonds is 4. The smallest absolute Gasteiger partial charge is 0.389 e. The van der Waals surface area contributed by atoms with Crippen molar-refractivity contribution >= 4 is 5.69 Å². The Morgan fingerprint density at radius 1 is 1.32 bits per heavy atom. The second-order valence-corrected chi connectivity index (χ2v) is 4.47. The summed E-state index contributed by atoms with van der Waals surface area (Å²) in [5.41, 5.74) is 0.628. The minimum atomic E-state index is -4.35. The third-order valence-electron chi connectivity index (χ3n) is 2.85. The number of hydrogen-bond donors (Lipinski definition) is 1. The molecule has 0 radical (unpaired) electrons. The lowest BCUT2D eigenvalue weighted by molar-refractivity contribution is -0.119. The Hall–Kier alpha value is -1.30. The van der Waals surface area contributed by atoms with Gasteiger partial charge in [0.25, 0.3) is 0 Å². The van der Waals surface area contributed by atoms with Gasteiger partial charge in [-0.05, 0) is 38.5 Å². The first-order chi connectivity index (χ1) is 8.65. The maximum absolute atomic E-state index is 13.5. The highest BCUT2D eigenvalue weighted by atomic mass is 19.4. The highest BCUT2D eigenvalue weighted by molar-refractivity contribution is 5.57. The number of halogens is 4. The van der Waals surface area contributed by atoms with Crippen molar-refractivity contribution in [2.45, 2.75) is 33.1 Å². The van der Waals surface area contributed by atoms with Gasteiger partial charge in [-0.1, -0.05) is 0 Å². The highest BCUT2D eigenvalue weighted by Crippen LogP contribution is 2.31. The standard InChI is InChI=1S/C13H17F4NO/c1-4-18(7-13(15,16)17)12-5-8(2)11(14)6-10(12)9(3)19/h5-6,9,19H,4,7H2,1-3H3/t9-/m1/s1. The van der Waals surface area contributed by atoms with Gasteiger partial charge in [0.2, 0.25) is 0 Å². The van der Waals surface area contributed by atoms with E-state index in [1.54, 1.807) is 6.92 Å². The van der Waals surface area contributed by atoms with Gasteiger partial charge in [0.1, 0.15) is 12.4 Å². The molecule has 19 heavy (non-hydrogen) atoms. The Labute approximate surface area is 109 Å². The van der Waals surface area contributed by atoms with Crippen LogP contribution in [0.15, 0.2) is 12.1 Å². The molecule has 6 heteroatoms. The van der Waals surface area contributed by atoms with E-state index in [0.717, 1.165) is 11.0 Å². The normalized spacial score (nSPS) is 13.5. The number of aliphatic hydroxyl groups is 1. The van der Waals surface area contributed by atoms with Crippen molar-refractivity contribution in [1.82, 2.24) is 0 Å². The van der Waals surface area contributed by atoms with Crippen LogP contribution in [0.3, 0.4) is 0 Å². The van der Waals surface area contributed by atoms with Crippen LogP contribution in [0.1, 0.15) is 31.1 Å². The number of nitrogens with zero attached hydrogens (tertiary/aromatic N) is 1. The lowest BCUT2D eigenvalue weighted by Crippen LogP contribution is -2.35. The first-order valence-corrected chi connectivity index (χ1v) is 5.95. The quantitative estimate of drug-likeness (QED) is 0.852. The Morgan fingerprint density at radius 3 is 2.32 bits per heavy atom. The highest BCUT2D eigenvalue weighted by Gasteiger charge is 2.31. The van der Waals surface area contributed by atoms with E-state index < -0.39 is 24.6 Å². The van der Waals surface area contributed by atoms with Crippen molar-refractivity contribution < 1.29 is 22.7 Å². The van der Waals surface area contributed by atoms with Gasteiger partial charge in [-0.25, -0.2) is 4.39 Å². The van der Waals surface area contributed by atoms with E-state index in [1.165, 1.54) is 19.9 Å². The number of benzene rings is 1. The van der Waals surface area contributed by atoms with Gasteiger partial charge >= 0.3 is 6.18 Å². The molecule has 1 aromatic carbocycles. The fraction of sp³-hybridized carbons (Fsp3) is 0.538. The molecule has 0 saturated carbocycles. The molecule has 0 aliphatic carbocycles. The Bertz CT molecular complexity index is 443. The van der Waals surface area contributed by atoms with Crippen LogP contribution in [0.25, 0.3) is 0 Å². The summed E-state index contributed by atoms with van der Waals surface area (Å²) in [6.07, 6.45) is -5.39. The summed E-state index contributed by atoms with van der Waals surface area (Å²) in [4.78, 5) is 1.08. The monoisotopic (exact) mass is 279 g/mol. The van der Waals surface area contributed by atoms with Crippen LogP contribution < -0.4 is 4.90 Å². The summed E-state index contributed by atoms with van der Waals surface area (Å²) in [6, 6.07) is 2.43. The van der Waals surface area contributed by atoms with Crippen molar-refractivity contribution in [1.29, 1.82) is 0 Å². The minimum Gasteiger partial charge on any atom is -0.389 e. The zero-order valence-electron chi connectivity index (χ0n) is 11.1. The molecule has 0 aromatic heterocycles. The first kappa shape index (κ1) is 15.8. The van der Waals surface area contributed by atoms with E-state index in [0.29, 0.717) is 0 Å². The molecule has 0 fully saturated rings. The summed E-state index contributed by atoms with van der Waals surface area (Å²) in [5, 5.41) is 9.59. The average molecular weight is 279 g/mol. The van der Waals surface area contributed by atoms with E-state index in [4.69, 9.17) is 0 Å². The predicted molar refractivity (Wildman–Crippen MR) is 65.7 cm³/mol. The van der Waals surface area contributed by atoms with Crippen LogP contribution >= 0.6 is 0 Å². The molecular weight excluding hydrogens is 262 g/mol. The zero-order chi connectivity index (χ0) is 14.8. The van der Waals surface area contributed by atoms with E-state index in [2.05, 4.69) is 0 Å². The minimum absolute atomic E-state index is 0.115. The maximum atomic E-state index is 13.5. The predicted octanol–water partition coefficient (Wildman–Crippen LogP) is 3.58. The van der Waals surface area contributed by atoms with Crippen molar-refractivity contribution in [3.8, 4) is 0 Å². The third kappa shape index (κ3) is 4.09. The Morgan fingerprint density at radius 2 is 1.89 bits per heavy atom. The second kappa shape index (κ2) is 5.77. The fourth-order valence-electron chi connectivity index (χ4n) is 1.87. The van der Waals surface area contributed by atoms with Gasteiger partial charge in [0.05, 0.1) is 6.10 Å². The number of aryl methyl sites for hydroxylation is 1. The lowest BCUT2D eigenvalue weighted by atomic mass is 10.0. The molecule has 0 unspecified atom stereocenters. The molecule has 0 saturated heterocycles. The SMILES string of the molecule is CCN(CC(F)(F)F)c1cc(C)c(F)cc1[C@@H](C)O. The molecule has 0 aliphatic rings. The number of anilines is 1. The zero-order valence-corrected chi connectivity index (χ0v) is 11.1. The molecule has 1 aromatic rings. The molecule has 0 heterocycles. The van der Waals surface area contributed by atoms with Gasteiger partial charge in [-0.3, -0.25) is 0 Å². The van der Waals surface area contributed by atoms with E-state index in [1.807, 2.05) is 0 Å². The van der Waals surface area contributed by atoms with Crippen molar-refractivity contribution in [2.75, 3.05) is 18.0 Å². The fourth-order valence-corrected chi connectivity index (χ4v) is 1.87. The molecule has 1 N–H and O–H groups in total. The molecule has 108 valence electrons. The van der Waals surface area contributed by atoms with E-state index >= 15 is 0 Å². The van der Waals surface area contributed by atoms with Gasteiger partial charge < -0.3 is 10.0 Å². The summed E-state index contributed by atoms with van der Waals surface area (Å²) in [6.45, 7) is 3.44. The average Bonchev–Trinajstić information content (AvgIpc) is 2.27. The maximum Gasteiger partial charge on any atom is 0.405 e. The summed E-state index contributed by atoms with van der Waals surface area (Å²) >= 11 is 0. The first-order valence-electron chi connectivity index (χ1n) is 5.95. The van der Waals surface area contributed by atoms with Crippen molar-refractivity contribution in [3.05, 3.63) is 29.1 Å². The lowest BCUT2D eigenvalue weighted by Gasteiger charge is -2.28. The number of alkyl halides is 3. The van der Waals surface area contributed by atoms with Gasteiger partial charge in [0.15, 0.2) is 0 Å². The number of hydrogen-bond acceptors (Lipinski definition) is 2. The van der Waals surface area contributed by atoms with Crippen LogP contribution in [-0.4, -0.2) is 24.4 Å². The van der Waals surface area contributed by atoms with Crippen LogP contribution in [-0.2, 0) is 0 Å². The molecule has 0 bridgehead atoms. The molecule has 1 rings (SSSR count). The largest absolute Gasteiger partial charge is 0.405 e. The third-order valence-corrected chi connectivity index (χ3v) is 2.85. The molecule has 0 amide bonds. The van der Waals surface area contributed by atoms with Crippen LogP contribution in [0.2, 0.25) is 0 Å². The van der Waals surface area contributed by atoms with E-state index in [9.17, 15) is 22.7 Å². The Kier molecular flexibility index (Phi) is 4.79. The summed E-state index contributed by atoms with van der Waals surface area (Å²) in [7, 11) is 0.